The number of nitrogens with zero attached hydrogens (tertiary/aromatic N) is 3. The van der Waals surface area contributed by atoms with Crippen molar-refractivity contribution < 1.29 is 23.8 Å². The third kappa shape index (κ3) is 5.31. The van der Waals surface area contributed by atoms with Gasteiger partial charge < -0.3 is 19.9 Å². The minimum atomic E-state index is -0.646. The molecule has 2 aromatic carbocycles. The fraction of sp³-hybridized carbons (Fsp3) is 0.158. The third-order valence-electron chi connectivity index (χ3n) is 4.13. The Morgan fingerprint density at radius 2 is 1.84 bits per heavy atom. The van der Waals surface area contributed by atoms with E-state index in [-0.39, 0.29) is 41.1 Å². The van der Waals surface area contributed by atoms with Crippen LogP contribution in [0.1, 0.15) is 21.0 Å². The average molecular weight is 480 g/mol. The van der Waals surface area contributed by atoms with Gasteiger partial charge >= 0.3 is 11.8 Å². The molecule has 0 aliphatic rings. The number of amides is 2. The summed E-state index contributed by atoms with van der Waals surface area (Å²) < 4.78 is 10.2. The number of methoxy groups -OCH3 is 1. The summed E-state index contributed by atoms with van der Waals surface area (Å²) >= 11 is 11.9. The van der Waals surface area contributed by atoms with E-state index in [1.807, 2.05) is 0 Å². The Labute approximate surface area is 190 Å². The first-order valence-corrected chi connectivity index (χ1v) is 9.73. The monoisotopic (exact) mass is 479 g/mol. The van der Waals surface area contributed by atoms with Crippen LogP contribution >= 0.6 is 23.2 Å². The SMILES string of the molecule is COc1ccc(Cl)cc1-c1noc(C(=O)NCCNC(=O)c2ccc([N+](=O)[O-])cc2Cl)n1. The van der Waals surface area contributed by atoms with Crippen molar-refractivity contribution in [3.05, 3.63) is 68.0 Å². The molecule has 13 heteroatoms. The third-order valence-corrected chi connectivity index (χ3v) is 4.67. The minimum absolute atomic E-state index is 0.0490. The quantitative estimate of drug-likeness (QED) is 0.284. The number of halogens is 2. The van der Waals surface area contributed by atoms with Crippen molar-refractivity contribution in [2.24, 2.45) is 0 Å². The lowest BCUT2D eigenvalue weighted by Gasteiger charge is -2.07. The summed E-state index contributed by atoms with van der Waals surface area (Å²) in [5, 5.41) is 19.9. The van der Waals surface area contributed by atoms with E-state index in [2.05, 4.69) is 20.8 Å². The number of non-ortho nitro benzene ring substituents is 1. The van der Waals surface area contributed by atoms with Crippen LogP contribution in [0.5, 0.6) is 5.75 Å². The van der Waals surface area contributed by atoms with Crippen LogP contribution in [0.3, 0.4) is 0 Å². The maximum absolute atomic E-state index is 12.2. The topological polar surface area (TPSA) is 149 Å². The summed E-state index contributed by atoms with van der Waals surface area (Å²) in [5.74, 6) is -0.906. The molecule has 0 fully saturated rings. The van der Waals surface area contributed by atoms with Crippen molar-refractivity contribution >= 4 is 40.7 Å². The summed E-state index contributed by atoms with van der Waals surface area (Å²) in [6.07, 6.45) is 0. The highest BCUT2D eigenvalue weighted by Gasteiger charge is 2.19. The first kappa shape index (κ1) is 23.0. The standard InChI is InChI=1S/C19H15Cl2N5O6/c1-31-15-5-2-10(20)8-13(15)16-24-19(32-25-16)18(28)23-7-6-22-17(27)12-4-3-11(26(29)30)9-14(12)21/h2-5,8-9H,6-7H2,1H3,(H,22,27)(H,23,28). The van der Waals surface area contributed by atoms with Crippen LogP contribution in [-0.4, -0.2) is 47.1 Å². The average Bonchev–Trinajstić information content (AvgIpc) is 3.26. The van der Waals surface area contributed by atoms with E-state index in [0.29, 0.717) is 16.3 Å². The number of carbonyl (C=O) groups is 2. The van der Waals surface area contributed by atoms with Gasteiger partial charge in [0.2, 0.25) is 5.82 Å². The Morgan fingerprint density at radius 3 is 2.50 bits per heavy atom. The molecule has 0 bridgehead atoms. The number of carbonyl (C=O) groups excluding carboxylic acids is 2. The first-order chi connectivity index (χ1) is 15.3. The molecule has 32 heavy (non-hydrogen) atoms. The molecule has 1 heterocycles. The van der Waals surface area contributed by atoms with Crippen LogP contribution in [-0.2, 0) is 0 Å². The number of nitrogens with one attached hydrogen (secondary N) is 2. The van der Waals surface area contributed by atoms with Gasteiger partial charge in [0.1, 0.15) is 5.75 Å². The van der Waals surface area contributed by atoms with Gasteiger partial charge in [0.25, 0.3) is 11.6 Å². The lowest BCUT2D eigenvalue weighted by molar-refractivity contribution is -0.384. The van der Waals surface area contributed by atoms with Gasteiger partial charge in [0.05, 0.1) is 28.2 Å². The second kappa shape index (κ2) is 10.1. The van der Waals surface area contributed by atoms with E-state index in [4.69, 9.17) is 32.5 Å². The van der Waals surface area contributed by atoms with Crippen LogP contribution in [0.25, 0.3) is 11.4 Å². The molecule has 0 saturated carbocycles. The number of nitro groups is 1. The van der Waals surface area contributed by atoms with Crippen LogP contribution in [0.4, 0.5) is 5.69 Å². The van der Waals surface area contributed by atoms with E-state index >= 15 is 0 Å². The molecule has 166 valence electrons. The molecular formula is C19H15Cl2N5O6. The Morgan fingerprint density at radius 1 is 1.12 bits per heavy atom. The lowest BCUT2D eigenvalue weighted by Crippen LogP contribution is -2.34. The van der Waals surface area contributed by atoms with Crippen LogP contribution in [0.15, 0.2) is 40.9 Å². The molecule has 3 rings (SSSR count). The number of benzene rings is 2. The van der Waals surface area contributed by atoms with E-state index in [1.54, 1.807) is 18.2 Å². The van der Waals surface area contributed by atoms with E-state index in [0.717, 1.165) is 6.07 Å². The zero-order valence-electron chi connectivity index (χ0n) is 16.4. The van der Waals surface area contributed by atoms with Crippen molar-refractivity contribution in [2.75, 3.05) is 20.2 Å². The van der Waals surface area contributed by atoms with E-state index < -0.39 is 16.7 Å². The highest BCUT2D eigenvalue weighted by molar-refractivity contribution is 6.34. The molecule has 0 aliphatic carbocycles. The Balaban J connectivity index is 1.54. The number of hydrogen-bond acceptors (Lipinski definition) is 8. The molecule has 2 amide bonds. The van der Waals surface area contributed by atoms with Crippen molar-refractivity contribution in [3.8, 4) is 17.1 Å². The molecule has 0 atom stereocenters. The molecule has 11 nitrogen and oxygen atoms in total. The summed E-state index contributed by atoms with van der Waals surface area (Å²) in [4.78, 5) is 38.5. The molecule has 3 aromatic rings. The molecular weight excluding hydrogens is 465 g/mol. The van der Waals surface area contributed by atoms with Gasteiger partial charge in [0.15, 0.2) is 0 Å². The van der Waals surface area contributed by atoms with Gasteiger partial charge in [-0.3, -0.25) is 19.7 Å². The Kier molecular flexibility index (Phi) is 7.23. The van der Waals surface area contributed by atoms with Crippen LogP contribution in [0.2, 0.25) is 10.0 Å². The largest absolute Gasteiger partial charge is 0.496 e. The summed E-state index contributed by atoms with van der Waals surface area (Å²) in [7, 11) is 1.47. The number of hydrogen-bond donors (Lipinski definition) is 2. The number of ether oxygens (including phenoxy) is 1. The second-order valence-electron chi connectivity index (χ2n) is 6.20. The first-order valence-electron chi connectivity index (χ1n) is 8.98. The molecule has 2 N–H and O–H groups in total. The zero-order valence-corrected chi connectivity index (χ0v) is 17.9. The molecule has 1 aromatic heterocycles. The van der Waals surface area contributed by atoms with Gasteiger partial charge in [-0.2, -0.15) is 4.98 Å². The Hall–Kier alpha value is -3.70. The normalized spacial score (nSPS) is 10.5. The predicted octanol–water partition coefficient (Wildman–Crippen LogP) is 3.12. The van der Waals surface area contributed by atoms with Gasteiger partial charge in [-0.25, -0.2) is 0 Å². The molecule has 0 radical (unpaired) electrons. The number of rotatable bonds is 8. The van der Waals surface area contributed by atoms with Gasteiger partial charge in [-0.15, -0.1) is 0 Å². The lowest BCUT2D eigenvalue weighted by atomic mass is 10.2. The van der Waals surface area contributed by atoms with Gasteiger partial charge in [-0.05, 0) is 24.3 Å². The summed E-state index contributed by atoms with van der Waals surface area (Å²) in [5.41, 5.74) is 0.295. The maximum atomic E-state index is 12.2. The van der Waals surface area contributed by atoms with Crippen molar-refractivity contribution in [2.45, 2.75) is 0 Å². The number of aromatic nitrogens is 2. The van der Waals surface area contributed by atoms with Crippen molar-refractivity contribution in [3.63, 3.8) is 0 Å². The minimum Gasteiger partial charge on any atom is -0.496 e. The highest BCUT2D eigenvalue weighted by atomic mass is 35.5. The fourth-order valence-corrected chi connectivity index (χ4v) is 3.04. The smallest absolute Gasteiger partial charge is 0.316 e. The zero-order chi connectivity index (χ0) is 23.3. The molecule has 0 unspecified atom stereocenters. The summed E-state index contributed by atoms with van der Waals surface area (Å²) in [6, 6.07) is 8.35. The Bertz CT molecular complexity index is 1180. The van der Waals surface area contributed by atoms with Gasteiger partial charge in [-0.1, -0.05) is 28.4 Å². The predicted molar refractivity (Wildman–Crippen MR) is 114 cm³/mol. The van der Waals surface area contributed by atoms with Crippen molar-refractivity contribution in [1.82, 2.24) is 20.8 Å². The van der Waals surface area contributed by atoms with Crippen molar-refractivity contribution in [1.29, 1.82) is 0 Å². The van der Waals surface area contributed by atoms with E-state index in [9.17, 15) is 19.7 Å². The molecule has 0 aliphatic heterocycles. The maximum Gasteiger partial charge on any atom is 0.316 e. The summed E-state index contributed by atoms with van der Waals surface area (Å²) in [6.45, 7) is 0.106. The van der Waals surface area contributed by atoms with Gasteiger partial charge in [0, 0.05) is 30.2 Å². The fourth-order valence-electron chi connectivity index (χ4n) is 2.60. The van der Waals surface area contributed by atoms with Crippen LogP contribution in [0, 0.1) is 10.1 Å². The molecule has 0 saturated heterocycles. The van der Waals surface area contributed by atoms with E-state index in [1.165, 1.54) is 19.2 Å². The molecule has 0 spiro atoms. The second-order valence-corrected chi connectivity index (χ2v) is 7.04. The highest BCUT2D eigenvalue weighted by Crippen LogP contribution is 2.30. The number of nitro benzene ring substituents is 1. The van der Waals surface area contributed by atoms with Crippen LogP contribution < -0.4 is 15.4 Å².